The fourth-order valence-electron chi connectivity index (χ4n) is 5.82. The smallest absolute Gasteiger partial charge is 0.387 e. The fourth-order valence-corrected chi connectivity index (χ4v) is 8.17. The van der Waals surface area contributed by atoms with Crippen molar-refractivity contribution in [2.45, 2.75) is 57.3 Å². The van der Waals surface area contributed by atoms with Crippen LogP contribution in [0.15, 0.2) is 114 Å². The highest BCUT2D eigenvalue weighted by Gasteiger charge is 2.58. The molecule has 8 rings (SSSR count). The third-order valence-electron chi connectivity index (χ3n) is 7.77. The van der Waals surface area contributed by atoms with Crippen molar-refractivity contribution in [1.29, 1.82) is 0 Å². The van der Waals surface area contributed by atoms with E-state index in [9.17, 15) is 0 Å². The summed E-state index contributed by atoms with van der Waals surface area (Å²) in [4.78, 5) is 0. The molecule has 0 spiro atoms. The predicted octanol–water partition coefficient (Wildman–Crippen LogP) is 9.08. The molecule has 0 N–H and O–H groups in total. The Bertz CT molecular complexity index is 1950. The molecular weight excluding hydrogens is 602 g/mol. The minimum atomic E-state index is -1.91. The fraction of sp³-hybridized carbons (Fsp3) is 0.273. The van der Waals surface area contributed by atoms with Gasteiger partial charge in [-0.15, -0.1) is 0 Å². The van der Waals surface area contributed by atoms with E-state index >= 15 is 0 Å². The monoisotopic (exact) mass is 632 g/mol. The zero-order chi connectivity index (χ0) is 29.8. The summed E-state index contributed by atoms with van der Waals surface area (Å²) >= 11 is 0. The normalized spacial score (nSPS) is 23.3. The van der Waals surface area contributed by atoms with Crippen molar-refractivity contribution in [3.05, 3.63) is 97.1 Å². The first-order valence-corrected chi connectivity index (χ1v) is 16.6. The zero-order valence-electron chi connectivity index (χ0n) is 24.2. The van der Waals surface area contributed by atoms with E-state index in [0.717, 1.165) is 21.5 Å². The van der Waals surface area contributed by atoms with Gasteiger partial charge in [-0.1, -0.05) is 72.8 Å². The molecular formula is C33H30O9P2. The van der Waals surface area contributed by atoms with E-state index in [1.165, 1.54) is 0 Å². The number of hydrogen-bond donors (Lipinski definition) is 0. The Morgan fingerprint density at radius 2 is 1.05 bits per heavy atom. The van der Waals surface area contributed by atoms with E-state index in [0.29, 0.717) is 22.3 Å². The molecule has 2 aromatic heterocycles. The molecule has 0 saturated carbocycles. The minimum Gasteiger partial charge on any atom is -0.399 e. The topological polar surface area (TPSA) is 98.7 Å². The molecule has 44 heavy (non-hydrogen) atoms. The van der Waals surface area contributed by atoms with Crippen LogP contribution in [0.25, 0.3) is 43.9 Å². The maximum atomic E-state index is 6.65. The van der Waals surface area contributed by atoms with Gasteiger partial charge in [0.05, 0.1) is 6.10 Å². The molecule has 2 fully saturated rings. The Morgan fingerprint density at radius 3 is 1.52 bits per heavy atom. The van der Waals surface area contributed by atoms with Gasteiger partial charge in [0.25, 0.3) is 0 Å². The maximum Gasteiger partial charge on any atom is 0.387 e. The maximum absolute atomic E-state index is 6.65. The van der Waals surface area contributed by atoms with Crippen LogP contribution in [0.5, 0.6) is 0 Å². The molecule has 0 unspecified atom stereocenters. The lowest BCUT2D eigenvalue weighted by Gasteiger charge is -2.27. The Hall–Kier alpha value is -3.52. The molecule has 6 aromatic rings. The van der Waals surface area contributed by atoms with Crippen molar-refractivity contribution in [3.8, 4) is 0 Å². The van der Waals surface area contributed by atoms with Crippen LogP contribution >= 0.6 is 16.5 Å². The van der Waals surface area contributed by atoms with Gasteiger partial charge in [0.15, 0.2) is 12.1 Å². The van der Waals surface area contributed by atoms with Gasteiger partial charge >= 0.3 is 16.5 Å². The molecule has 11 heteroatoms. The highest BCUT2D eigenvalue weighted by atomic mass is 31.1. The molecule has 0 radical (unpaired) electrons. The van der Waals surface area contributed by atoms with Gasteiger partial charge in [0.1, 0.15) is 40.6 Å². The average molecular weight is 633 g/mol. The first-order valence-electron chi connectivity index (χ1n) is 14.5. The lowest BCUT2D eigenvalue weighted by molar-refractivity contribution is -0.218. The zero-order valence-corrected chi connectivity index (χ0v) is 26.0. The SMILES string of the molecule is C[C@@H](Op1oc2ccccc2c2ccccc2o1)[C@H]1O[C@@H]2OC(C)(C)O[C@@H]2[C@H]1Op1oc2ccccc2c2ccccc2o1. The predicted molar refractivity (Wildman–Crippen MR) is 168 cm³/mol. The van der Waals surface area contributed by atoms with Crippen LogP contribution in [0.4, 0.5) is 0 Å². The highest BCUT2D eigenvalue weighted by molar-refractivity contribution is 7.32. The second-order valence-electron chi connectivity index (χ2n) is 11.2. The first-order chi connectivity index (χ1) is 21.4. The minimum absolute atomic E-state index is 0.547. The van der Waals surface area contributed by atoms with E-state index in [4.69, 9.17) is 40.0 Å². The summed E-state index contributed by atoms with van der Waals surface area (Å²) in [5.74, 6) is -0.853. The lowest BCUT2D eigenvalue weighted by Crippen LogP contribution is -2.44. The number of ether oxygens (including phenoxy) is 3. The second-order valence-corrected chi connectivity index (χ2v) is 13.3. The number of hydrogen-bond acceptors (Lipinski definition) is 9. The molecule has 2 saturated heterocycles. The van der Waals surface area contributed by atoms with Gasteiger partial charge in [-0.2, -0.15) is 0 Å². The van der Waals surface area contributed by atoms with Crippen LogP contribution in [0, 0.1) is 0 Å². The van der Waals surface area contributed by atoms with Gasteiger partial charge in [-0.05, 0) is 45.0 Å². The van der Waals surface area contributed by atoms with Gasteiger partial charge in [-0.25, -0.2) is 0 Å². The number of para-hydroxylation sites is 4. The van der Waals surface area contributed by atoms with Crippen LogP contribution in [-0.2, 0) is 14.2 Å². The van der Waals surface area contributed by atoms with Gasteiger partial charge < -0.3 is 31.0 Å². The van der Waals surface area contributed by atoms with Crippen LogP contribution in [0.3, 0.4) is 0 Å². The Balaban J connectivity index is 1.18. The summed E-state index contributed by atoms with van der Waals surface area (Å²) in [6.45, 7) is 5.60. The number of rotatable bonds is 5. The van der Waals surface area contributed by atoms with Crippen LogP contribution in [-0.4, -0.2) is 36.5 Å². The Labute approximate surface area is 254 Å². The van der Waals surface area contributed by atoms with Gasteiger partial charge in [-0.3, -0.25) is 9.05 Å². The van der Waals surface area contributed by atoms with Crippen LogP contribution in [0.1, 0.15) is 20.8 Å². The first kappa shape index (κ1) is 28.0. The Morgan fingerprint density at radius 1 is 0.614 bits per heavy atom. The van der Waals surface area contributed by atoms with Crippen molar-refractivity contribution < 1.29 is 40.0 Å². The van der Waals surface area contributed by atoms with E-state index in [1.807, 2.05) is 118 Å². The molecule has 0 amide bonds. The summed E-state index contributed by atoms with van der Waals surface area (Å²) in [6, 6.07) is 31.3. The lowest BCUT2D eigenvalue weighted by atomic mass is 10.1. The molecule has 4 heterocycles. The molecule has 9 nitrogen and oxygen atoms in total. The van der Waals surface area contributed by atoms with E-state index < -0.39 is 53.0 Å². The largest absolute Gasteiger partial charge is 0.399 e. The molecule has 4 aromatic carbocycles. The standard InChI is InChI=1S/C33H30O9P2/c1-20(37-43-38-25-16-8-4-12-21(25)22-13-5-9-17-26(22)39-43)29-30(31-32(34-29)36-33(2,3)35-31)42-44-40-27-18-10-6-14-23(27)24-15-7-11-19-28(24)41-44/h4-20,29-32H,1-3H3/t20-,29-,30+,31-,32-/m1/s1. The average Bonchev–Trinajstić information content (AvgIpc) is 3.36. The van der Waals surface area contributed by atoms with E-state index in [-0.39, 0.29) is 0 Å². The molecule has 2 aliphatic rings. The van der Waals surface area contributed by atoms with E-state index in [1.54, 1.807) is 0 Å². The molecule has 0 bridgehead atoms. The molecule has 2 aliphatic heterocycles. The number of fused-ring (bicyclic) bond motifs is 7. The highest BCUT2D eigenvalue weighted by Crippen LogP contribution is 2.44. The third-order valence-corrected chi connectivity index (χ3v) is 10.1. The van der Waals surface area contributed by atoms with E-state index in [2.05, 4.69) is 0 Å². The summed E-state index contributed by atoms with van der Waals surface area (Å²) < 4.78 is 57.2. The summed E-state index contributed by atoms with van der Waals surface area (Å²) in [5.41, 5.74) is 2.71. The van der Waals surface area contributed by atoms with Crippen molar-refractivity contribution in [1.82, 2.24) is 0 Å². The van der Waals surface area contributed by atoms with Crippen molar-refractivity contribution >= 4 is 60.4 Å². The van der Waals surface area contributed by atoms with Crippen molar-refractivity contribution in [2.24, 2.45) is 0 Å². The third kappa shape index (κ3) is 5.15. The van der Waals surface area contributed by atoms with Gasteiger partial charge in [0, 0.05) is 21.5 Å². The summed E-state index contributed by atoms with van der Waals surface area (Å²) in [5, 5.41) is 3.73. The number of benzene rings is 4. The summed E-state index contributed by atoms with van der Waals surface area (Å²) in [6.07, 6.45) is -3.03. The van der Waals surface area contributed by atoms with Crippen molar-refractivity contribution in [2.75, 3.05) is 0 Å². The summed E-state index contributed by atoms with van der Waals surface area (Å²) in [7, 11) is -3.76. The molecule has 226 valence electrons. The van der Waals surface area contributed by atoms with Crippen LogP contribution in [0.2, 0.25) is 0 Å². The second kappa shape index (κ2) is 11.1. The molecule has 0 aliphatic carbocycles. The van der Waals surface area contributed by atoms with Crippen LogP contribution < -0.4 is 9.05 Å². The Kier molecular flexibility index (Phi) is 7.08. The van der Waals surface area contributed by atoms with Crippen molar-refractivity contribution in [3.63, 3.8) is 0 Å². The van der Waals surface area contributed by atoms with Gasteiger partial charge in [0.2, 0.25) is 0 Å². The quantitative estimate of drug-likeness (QED) is 0.184. The molecule has 5 atom stereocenters.